The molecule has 0 bridgehead atoms. The van der Waals surface area contributed by atoms with Crippen LogP contribution in [-0.2, 0) is 24.4 Å². The molecule has 6 rings (SSSR count). The molecule has 43 heavy (non-hydrogen) atoms. The van der Waals surface area contributed by atoms with Crippen LogP contribution in [0.5, 0.6) is 0 Å². The Hall–Kier alpha value is -5.27. The molecular weight excluding hydrogens is 536 g/mol. The molecule has 0 spiro atoms. The number of rotatable bonds is 10. The predicted octanol–water partition coefficient (Wildman–Crippen LogP) is 5.88. The maximum Gasteiger partial charge on any atom is 0.261 e. The highest BCUT2D eigenvalue weighted by Gasteiger charge is 2.33. The maximum absolute atomic E-state index is 13.5. The van der Waals surface area contributed by atoms with Crippen LogP contribution in [0.2, 0.25) is 0 Å². The third kappa shape index (κ3) is 5.89. The Morgan fingerprint density at radius 1 is 0.674 bits per heavy atom. The Morgan fingerprint density at radius 3 is 2.14 bits per heavy atom. The quantitative estimate of drug-likeness (QED) is 0.183. The first-order valence-electron chi connectivity index (χ1n) is 14.4. The molecular formula is C36H32N4O3. The van der Waals surface area contributed by atoms with E-state index in [2.05, 4.69) is 28.8 Å². The van der Waals surface area contributed by atoms with Gasteiger partial charge < -0.3 is 16.4 Å². The molecule has 0 aliphatic carbocycles. The van der Waals surface area contributed by atoms with Gasteiger partial charge in [0.1, 0.15) is 0 Å². The molecule has 1 heterocycles. The van der Waals surface area contributed by atoms with Crippen molar-refractivity contribution in [2.24, 2.45) is 5.73 Å². The number of carbonyl (C=O) groups excluding carboxylic acids is 3. The van der Waals surface area contributed by atoms with Crippen LogP contribution in [0.4, 0.5) is 5.69 Å². The van der Waals surface area contributed by atoms with E-state index in [1.54, 1.807) is 12.1 Å². The number of nitrogens with two attached hydrogens (primary N) is 1. The van der Waals surface area contributed by atoms with Crippen molar-refractivity contribution in [3.05, 3.63) is 137 Å². The number of imide groups is 1. The highest BCUT2D eigenvalue weighted by Crippen LogP contribution is 2.34. The van der Waals surface area contributed by atoms with Gasteiger partial charge in [-0.05, 0) is 46.0 Å². The first-order valence-corrected chi connectivity index (χ1v) is 14.4. The molecule has 5 aromatic rings. The van der Waals surface area contributed by atoms with E-state index < -0.39 is 0 Å². The van der Waals surface area contributed by atoms with E-state index in [4.69, 9.17) is 5.73 Å². The minimum Gasteiger partial charge on any atom is -0.380 e. The number of anilines is 1. The fourth-order valence-electron chi connectivity index (χ4n) is 5.52. The average Bonchev–Trinajstić information content (AvgIpc) is 3.06. The van der Waals surface area contributed by atoms with E-state index in [9.17, 15) is 14.4 Å². The largest absolute Gasteiger partial charge is 0.380 e. The summed E-state index contributed by atoms with van der Waals surface area (Å²) < 4.78 is 0. The molecule has 7 heteroatoms. The van der Waals surface area contributed by atoms with Crippen LogP contribution in [0.25, 0.3) is 21.9 Å². The second-order valence-electron chi connectivity index (χ2n) is 10.6. The molecule has 3 amide bonds. The van der Waals surface area contributed by atoms with Crippen LogP contribution in [0.15, 0.2) is 109 Å². The lowest BCUT2D eigenvalue weighted by Crippen LogP contribution is -2.42. The van der Waals surface area contributed by atoms with Gasteiger partial charge in [0.2, 0.25) is 5.91 Å². The van der Waals surface area contributed by atoms with Crippen molar-refractivity contribution in [3.8, 4) is 11.1 Å². The molecule has 0 aromatic heterocycles. The second kappa shape index (κ2) is 12.3. The number of amides is 3. The van der Waals surface area contributed by atoms with Crippen molar-refractivity contribution in [2.75, 3.05) is 11.9 Å². The molecule has 5 aromatic carbocycles. The molecule has 1 aliphatic heterocycles. The summed E-state index contributed by atoms with van der Waals surface area (Å²) in [6, 6.07) is 35.3. The van der Waals surface area contributed by atoms with Crippen LogP contribution in [0.3, 0.4) is 0 Å². The molecule has 0 radical (unpaired) electrons. The summed E-state index contributed by atoms with van der Waals surface area (Å²) in [4.78, 5) is 40.8. The molecule has 0 saturated carbocycles. The molecule has 0 saturated heterocycles. The van der Waals surface area contributed by atoms with Gasteiger partial charge in [-0.3, -0.25) is 19.3 Å². The van der Waals surface area contributed by atoms with Crippen molar-refractivity contribution >= 4 is 34.2 Å². The monoisotopic (exact) mass is 568 g/mol. The Kier molecular flexibility index (Phi) is 7.98. The van der Waals surface area contributed by atoms with Gasteiger partial charge in [0, 0.05) is 60.2 Å². The lowest BCUT2D eigenvalue weighted by molar-refractivity contribution is -0.121. The van der Waals surface area contributed by atoms with Crippen molar-refractivity contribution in [1.29, 1.82) is 0 Å². The topological polar surface area (TPSA) is 105 Å². The van der Waals surface area contributed by atoms with E-state index in [1.165, 1.54) is 4.90 Å². The van der Waals surface area contributed by atoms with E-state index >= 15 is 0 Å². The van der Waals surface area contributed by atoms with Gasteiger partial charge in [-0.25, -0.2) is 0 Å². The van der Waals surface area contributed by atoms with Crippen LogP contribution in [-0.4, -0.2) is 29.2 Å². The van der Waals surface area contributed by atoms with Gasteiger partial charge in [-0.15, -0.1) is 0 Å². The predicted molar refractivity (Wildman–Crippen MR) is 169 cm³/mol. The van der Waals surface area contributed by atoms with Gasteiger partial charge in [-0.1, -0.05) is 91.0 Å². The SMILES string of the molecule is NCc1cccc(CNc2ccc3c4c(cccc24)C(=O)N(CCC(=O)NCc2ccc(-c4ccccc4)cc2)C3=O)c1. The minimum absolute atomic E-state index is 0.00373. The third-order valence-electron chi connectivity index (χ3n) is 7.82. The zero-order valence-electron chi connectivity index (χ0n) is 23.7. The second-order valence-corrected chi connectivity index (χ2v) is 10.6. The van der Waals surface area contributed by atoms with E-state index in [0.29, 0.717) is 36.1 Å². The fraction of sp³-hybridized carbons (Fsp3) is 0.139. The van der Waals surface area contributed by atoms with Gasteiger partial charge in [0.15, 0.2) is 0 Å². The number of hydrogen-bond acceptors (Lipinski definition) is 5. The lowest BCUT2D eigenvalue weighted by atomic mass is 9.93. The van der Waals surface area contributed by atoms with Crippen LogP contribution in [0.1, 0.15) is 43.8 Å². The number of benzene rings is 5. The van der Waals surface area contributed by atoms with E-state index in [0.717, 1.165) is 38.9 Å². The Labute approximate surface area is 250 Å². The van der Waals surface area contributed by atoms with Gasteiger partial charge >= 0.3 is 0 Å². The number of nitrogens with one attached hydrogen (secondary N) is 2. The molecule has 4 N–H and O–H groups in total. The Bertz CT molecular complexity index is 1790. The van der Waals surface area contributed by atoms with Crippen molar-refractivity contribution in [2.45, 2.75) is 26.1 Å². The normalized spacial score (nSPS) is 12.4. The molecule has 0 atom stereocenters. The molecule has 0 unspecified atom stereocenters. The van der Waals surface area contributed by atoms with Crippen LogP contribution >= 0.6 is 0 Å². The lowest BCUT2D eigenvalue weighted by Gasteiger charge is -2.27. The van der Waals surface area contributed by atoms with Crippen molar-refractivity contribution < 1.29 is 14.4 Å². The molecule has 214 valence electrons. The highest BCUT2D eigenvalue weighted by atomic mass is 16.2. The molecule has 1 aliphatic rings. The Balaban J connectivity index is 1.10. The smallest absolute Gasteiger partial charge is 0.261 e. The summed E-state index contributed by atoms with van der Waals surface area (Å²) in [6.45, 7) is 1.42. The van der Waals surface area contributed by atoms with Crippen LogP contribution in [0, 0.1) is 0 Å². The zero-order valence-corrected chi connectivity index (χ0v) is 23.7. The molecule has 0 fully saturated rings. The third-order valence-corrected chi connectivity index (χ3v) is 7.82. The van der Waals surface area contributed by atoms with Gasteiger partial charge in [0.05, 0.1) is 0 Å². The summed E-state index contributed by atoms with van der Waals surface area (Å²) in [5.74, 6) is -1.00. The minimum atomic E-state index is -0.389. The summed E-state index contributed by atoms with van der Waals surface area (Å²) in [5, 5.41) is 7.80. The maximum atomic E-state index is 13.5. The van der Waals surface area contributed by atoms with Gasteiger partial charge in [0.25, 0.3) is 11.8 Å². The fourth-order valence-corrected chi connectivity index (χ4v) is 5.52. The summed E-state index contributed by atoms with van der Waals surface area (Å²) in [5.41, 5.74) is 12.9. The van der Waals surface area contributed by atoms with Crippen LogP contribution < -0.4 is 16.4 Å². The van der Waals surface area contributed by atoms with Gasteiger partial charge in [-0.2, -0.15) is 0 Å². The summed E-state index contributed by atoms with van der Waals surface area (Å²) in [7, 11) is 0. The zero-order chi connectivity index (χ0) is 29.8. The number of carbonyl (C=O) groups is 3. The Morgan fingerprint density at radius 2 is 1.37 bits per heavy atom. The highest BCUT2D eigenvalue weighted by molar-refractivity contribution is 6.26. The molecule has 7 nitrogen and oxygen atoms in total. The number of nitrogens with zero attached hydrogens (tertiary/aromatic N) is 1. The van der Waals surface area contributed by atoms with Crippen molar-refractivity contribution in [3.63, 3.8) is 0 Å². The number of hydrogen-bond donors (Lipinski definition) is 3. The van der Waals surface area contributed by atoms with E-state index in [-0.39, 0.29) is 30.7 Å². The standard InChI is InChI=1S/C36H32N4O3/c37-21-25-6-4-7-26(20-25)23-38-32-17-16-31-34-29(32)10-5-11-30(34)35(42)40(36(31)43)19-18-33(41)39-22-24-12-14-28(15-13-24)27-8-2-1-3-9-27/h1-17,20,38H,18-19,21-23,37H2,(H,39,41). The van der Waals surface area contributed by atoms with Crippen molar-refractivity contribution in [1.82, 2.24) is 10.2 Å². The first-order chi connectivity index (χ1) is 21.0. The first kappa shape index (κ1) is 27.9. The van der Waals surface area contributed by atoms with E-state index in [1.807, 2.05) is 78.9 Å². The average molecular weight is 569 g/mol. The summed E-state index contributed by atoms with van der Waals surface area (Å²) in [6.07, 6.45) is 0.0202. The summed E-state index contributed by atoms with van der Waals surface area (Å²) >= 11 is 0.